The first-order valence-corrected chi connectivity index (χ1v) is 11.9. The molecule has 5 rings (SSSR count). The molecule has 5 aromatic rings. The van der Waals surface area contributed by atoms with E-state index in [9.17, 15) is 9.59 Å². The summed E-state index contributed by atoms with van der Waals surface area (Å²) >= 11 is 7.35. The summed E-state index contributed by atoms with van der Waals surface area (Å²) < 4.78 is 3.14. The first kappa shape index (κ1) is 22.1. The van der Waals surface area contributed by atoms with Crippen LogP contribution in [-0.4, -0.2) is 36.0 Å². The minimum absolute atomic E-state index is 0.0643. The summed E-state index contributed by atoms with van der Waals surface area (Å²) in [6, 6.07) is 16.8. The molecule has 0 radical (unpaired) electrons. The van der Waals surface area contributed by atoms with Crippen LogP contribution in [0.1, 0.15) is 6.92 Å². The van der Waals surface area contributed by atoms with Gasteiger partial charge in [-0.1, -0.05) is 47.6 Å². The molecule has 34 heavy (non-hydrogen) atoms. The molecule has 3 aromatic carbocycles. The molecule has 0 saturated heterocycles. The van der Waals surface area contributed by atoms with Gasteiger partial charge in [0.25, 0.3) is 5.56 Å². The molecule has 0 aliphatic heterocycles. The number of carbonyl (C=O) groups excluding carboxylic acids is 1. The highest BCUT2D eigenvalue weighted by atomic mass is 35.5. The van der Waals surface area contributed by atoms with Gasteiger partial charge in [0.2, 0.25) is 5.91 Å². The minimum atomic E-state index is -0.260. The highest BCUT2D eigenvalue weighted by Crippen LogP contribution is 2.26. The molecule has 0 bridgehead atoms. The minimum Gasteiger partial charge on any atom is -0.323 e. The highest BCUT2D eigenvalue weighted by molar-refractivity contribution is 7.99. The molecule has 0 aliphatic carbocycles. The Morgan fingerprint density at radius 3 is 2.65 bits per heavy atom. The molecule has 0 atom stereocenters. The molecule has 2 aromatic heterocycles. The predicted octanol–water partition coefficient (Wildman–Crippen LogP) is 4.53. The van der Waals surface area contributed by atoms with Gasteiger partial charge in [0, 0.05) is 11.6 Å². The average Bonchev–Trinajstić information content (AvgIpc) is 3.37. The van der Waals surface area contributed by atoms with Crippen molar-refractivity contribution >= 4 is 56.6 Å². The normalized spacial score (nSPS) is 11.2. The van der Waals surface area contributed by atoms with Crippen LogP contribution in [0, 0.1) is 0 Å². The third kappa shape index (κ3) is 4.27. The topological polar surface area (TPSA) is 94.7 Å². The monoisotopic (exact) mass is 490 g/mol. The van der Waals surface area contributed by atoms with Gasteiger partial charge >= 0.3 is 0 Å². The van der Waals surface area contributed by atoms with Crippen LogP contribution in [0.5, 0.6) is 0 Å². The Morgan fingerprint density at radius 1 is 1.12 bits per heavy atom. The molecule has 0 saturated carbocycles. The molecule has 170 valence electrons. The van der Waals surface area contributed by atoms with Crippen LogP contribution in [0.4, 0.5) is 5.69 Å². The predicted molar refractivity (Wildman–Crippen MR) is 135 cm³/mol. The number of halogens is 1. The Labute approximate surface area is 203 Å². The number of hydrogen-bond acceptors (Lipinski definition) is 6. The van der Waals surface area contributed by atoms with Gasteiger partial charge in [0.1, 0.15) is 12.7 Å². The van der Waals surface area contributed by atoms with Gasteiger partial charge in [-0.05, 0) is 48.0 Å². The molecule has 10 heteroatoms. The van der Waals surface area contributed by atoms with Crippen LogP contribution in [0.3, 0.4) is 0 Å². The SMILES string of the molecule is CCn1c(SCC(=O)Nc2cc(Cl)ccc2-n2cncn2)nc2cc3ccccc3cc2c1=O. The van der Waals surface area contributed by atoms with Crippen LogP contribution in [-0.2, 0) is 11.3 Å². The molecule has 0 spiro atoms. The van der Waals surface area contributed by atoms with Crippen LogP contribution in [0.15, 0.2) is 77.2 Å². The summed E-state index contributed by atoms with van der Waals surface area (Å²) in [7, 11) is 0. The van der Waals surface area contributed by atoms with Gasteiger partial charge in [-0.3, -0.25) is 14.2 Å². The van der Waals surface area contributed by atoms with Crippen molar-refractivity contribution in [2.45, 2.75) is 18.6 Å². The molecular formula is C24H19ClN6O2S. The number of nitrogens with one attached hydrogen (secondary N) is 1. The second-order valence-corrected chi connectivity index (χ2v) is 8.88. The van der Waals surface area contributed by atoms with E-state index in [-0.39, 0.29) is 17.2 Å². The lowest BCUT2D eigenvalue weighted by Crippen LogP contribution is -2.23. The van der Waals surface area contributed by atoms with E-state index in [0.717, 1.165) is 10.8 Å². The largest absolute Gasteiger partial charge is 0.323 e. The number of rotatable bonds is 6. The van der Waals surface area contributed by atoms with E-state index in [4.69, 9.17) is 16.6 Å². The number of carbonyl (C=O) groups is 1. The quantitative estimate of drug-likeness (QED) is 0.213. The van der Waals surface area contributed by atoms with Gasteiger partial charge < -0.3 is 5.32 Å². The molecule has 1 N–H and O–H groups in total. The van der Waals surface area contributed by atoms with Crippen molar-refractivity contribution in [3.63, 3.8) is 0 Å². The fourth-order valence-corrected chi connectivity index (χ4v) is 4.77. The van der Waals surface area contributed by atoms with Crippen molar-refractivity contribution in [1.82, 2.24) is 24.3 Å². The number of benzene rings is 3. The molecule has 8 nitrogen and oxygen atoms in total. The fourth-order valence-electron chi connectivity index (χ4n) is 3.73. The van der Waals surface area contributed by atoms with Crippen molar-refractivity contribution in [2.24, 2.45) is 0 Å². The number of hydrogen-bond donors (Lipinski definition) is 1. The van der Waals surface area contributed by atoms with Crippen molar-refractivity contribution in [2.75, 3.05) is 11.1 Å². The van der Waals surface area contributed by atoms with E-state index < -0.39 is 0 Å². The van der Waals surface area contributed by atoms with Gasteiger partial charge in [-0.25, -0.2) is 14.6 Å². The van der Waals surface area contributed by atoms with E-state index in [2.05, 4.69) is 15.4 Å². The third-order valence-electron chi connectivity index (χ3n) is 5.33. The number of thioether (sulfide) groups is 1. The van der Waals surface area contributed by atoms with Crippen LogP contribution < -0.4 is 10.9 Å². The maximum Gasteiger partial charge on any atom is 0.262 e. The Bertz CT molecular complexity index is 1580. The smallest absolute Gasteiger partial charge is 0.262 e. The Balaban J connectivity index is 1.42. The van der Waals surface area contributed by atoms with E-state index in [0.29, 0.717) is 39.0 Å². The standard InChI is InChI=1S/C24H19ClN6O2S/c1-2-30-23(33)18-9-15-5-3-4-6-16(15)10-19(18)29-24(30)34-12-22(32)28-20-11-17(25)7-8-21(20)31-14-26-13-27-31/h3-11,13-14H,2,12H2,1H3,(H,28,32). The maximum atomic E-state index is 13.2. The summed E-state index contributed by atoms with van der Waals surface area (Å²) in [5.74, 6) is -0.196. The molecule has 2 heterocycles. The molecular weight excluding hydrogens is 472 g/mol. The second-order valence-electron chi connectivity index (χ2n) is 7.50. The number of amides is 1. The zero-order valence-electron chi connectivity index (χ0n) is 18.1. The van der Waals surface area contributed by atoms with E-state index >= 15 is 0 Å². The fraction of sp³-hybridized carbons (Fsp3) is 0.125. The zero-order valence-corrected chi connectivity index (χ0v) is 19.7. The lowest BCUT2D eigenvalue weighted by atomic mass is 10.1. The first-order valence-electron chi connectivity index (χ1n) is 10.5. The summed E-state index contributed by atoms with van der Waals surface area (Å²) in [6.07, 6.45) is 2.95. The van der Waals surface area contributed by atoms with Crippen LogP contribution in [0.25, 0.3) is 27.4 Å². The van der Waals surface area contributed by atoms with Crippen LogP contribution in [0.2, 0.25) is 5.02 Å². The third-order valence-corrected chi connectivity index (χ3v) is 6.54. The lowest BCUT2D eigenvalue weighted by Gasteiger charge is -2.13. The Hall–Kier alpha value is -3.69. The summed E-state index contributed by atoms with van der Waals surface area (Å²) in [6.45, 7) is 2.33. The van der Waals surface area contributed by atoms with E-state index in [1.165, 1.54) is 24.4 Å². The maximum absolute atomic E-state index is 13.2. The van der Waals surface area contributed by atoms with E-state index in [1.54, 1.807) is 27.4 Å². The van der Waals surface area contributed by atoms with Crippen molar-refractivity contribution < 1.29 is 4.79 Å². The lowest BCUT2D eigenvalue weighted by molar-refractivity contribution is -0.113. The summed E-state index contributed by atoms with van der Waals surface area (Å²) in [5, 5.41) is 10.5. The molecule has 0 unspecified atom stereocenters. The molecule has 1 amide bonds. The Kier molecular flexibility index (Phi) is 6.04. The van der Waals surface area contributed by atoms with Gasteiger partial charge in [0.15, 0.2) is 5.16 Å². The van der Waals surface area contributed by atoms with Crippen molar-refractivity contribution in [3.8, 4) is 5.69 Å². The van der Waals surface area contributed by atoms with E-state index in [1.807, 2.05) is 43.3 Å². The van der Waals surface area contributed by atoms with Gasteiger partial charge in [-0.15, -0.1) is 0 Å². The zero-order chi connectivity index (χ0) is 23.7. The summed E-state index contributed by atoms with van der Waals surface area (Å²) in [4.78, 5) is 34.6. The Morgan fingerprint density at radius 2 is 1.91 bits per heavy atom. The summed E-state index contributed by atoms with van der Waals surface area (Å²) in [5.41, 5.74) is 1.64. The molecule has 0 fully saturated rings. The average molecular weight is 491 g/mol. The van der Waals surface area contributed by atoms with Crippen LogP contribution >= 0.6 is 23.4 Å². The second kappa shape index (κ2) is 9.28. The van der Waals surface area contributed by atoms with Crippen molar-refractivity contribution in [3.05, 3.63) is 82.6 Å². The number of nitrogens with zero attached hydrogens (tertiary/aromatic N) is 5. The first-order chi connectivity index (χ1) is 16.5. The van der Waals surface area contributed by atoms with Gasteiger partial charge in [0.05, 0.1) is 28.0 Å². The van der Waals surface area contributed by atoms with Gasteiger partial charge in [-0.2, -0.15) is 5.10 Å². The number of fused-ring (bicyclic) bond motifs is 2. The number of anilines is 1. The highest BCUT2D eigenvalue weighted by Gasteiger charge is 2.15. The molecule has 0 aliphatic rings. The van der Waals surface area contributed by atoms with Crippen molar-refractivity contribution in [1.29, 1.82) is 0 Å². The number of aromatic nitrogens is 5.